The van der Waals surface area contributed by atoms with Crippen LogP contribution in [0.2, 0.25) is 0 Å². The van der Waals surface area contributed by atoms with Crippen LogP contribution in [0.15, 0.2) is 72.8 Å². The molecule has 3 nitrogen and oxygen atoms in total. The highest BCUT2D eigenvalue weighted by molar-refractivity contribution is 5.84. The zero-order valence-corrected chi connectivity index (χ0v) is 21.1. The summed E-state index contributed by atoms with van der Waals surface area (Å²) < 4.78 is 42.9. The van der Waals surface area contributed by atoms with Crippen molar-refractivity contribution in [1.82, 2.24) is 4.90 Å². The molecule has 192 valence electrons. The monoisotopic (exact) mass is 497 g/mol. The molecule has 0 unspecified atom stereocenters. The van der Waals surface area contributed by atoms with Crippen LogP contribution in [0.3, 0.4) is 0 Å². The van der Waals surface area contributed by atoms with Gasteiger partial charge in [0.25, 0.3) is 0 Å². The number of ether oxygens (including phenoxy) is 1. The Morgan fingerprint density at radius 2 is 1.36 bits per heavy atom. The first-order valence-corrected chi connectivity index (χ1v) is 12.3. The molecule has 0 saturated heterocycles. The highest BCUT2D eigenvalue weighted by Gasteiger charge is 2.37. The number of Topliss-reactive ketones (excluding diaryl/α,β-unsaturated/α-hetero) is 1. The van der Waals surface area contributed by atoms with Crippen LogP contribution in [0.1, 0.15) is 46.6 Å². The molecule has 0 saturated carbocycles. The molecule has 0 fully saturated rings. The minimum absolute atomic E-state index is 0.0600. The van der Waals surface area contributed by atoms with E-state index in [1.807, 2.05) is 0 Å². The smallest absolute Gasteiger partial charge is 0.449 e. The Balaban J connectivity index is 1.47. The van der Waals surface area contributed by atoms with Crippen LogP contribution in [-0.4, -0.2) is 43.6 Å². The van der Waals surface area contributed by atoms with Gasteiger partial charge in [-0.05, 0) is 69.1 Å². The Kier molecular flexibility index (Phi) is 9.71. The molecule has 0 aliphatic rings. The molecule has 3 rings (SSSR count). The van der Waals surface area contributed by atoms with Crippen molar-refractivity contribution in [2.75, 3.05) is 26.7 Å². The average Bonchev–Trinajstić information content (AvgIpc) is 2.85. The van der Waals surface area contributed by atoms with Crippen LogP contribution < -0.4 is 4.74 Å². The fourth-order valence-corrected chi connectivity index (χ4v) is 4.06. The Labute approximate surface area is 211 Å². The molecule has 0 aromatic heterocycles. The van der Waals surface area contributed by atoms with E-state index in [0.717, 1.165) is 19.5 Å². The fourth-order valence-electron chi connectivity index (χ4n) is 4.06. The molecule has 0 amide bonds. The average molecular weight is 498 g/mol. The third-order valence-electron chi connectivity index (χ3n) is 6.38. The van der Waals surface area contributed by atoms with Crippen molar-refractivity contribution in [2.24, 2.45) is 0 Å². The van der Waals surface area contributed by atoms with E-state index in [-0.39, 0.29) is 6.42 Å². The number of aryl methyl sites for hydroxylation is 3. The van der Waals surface area contributed by atoms with Gasteiger partial charge in [-0.25, -0.2) is 0 Å². The second-order valence-electron chi connectivity index (χ2n) is 9.38. The molecular weight excluding hydrogens is 463 g/mol. The first kappa shape index (κ1) is 27.5. The molecule has 0 radical (unpaired) electrons. The van der Waals surface area contributed by atoms with Gasteiger partial charge in [-0.3, -0.25) is 4.79 Å². The highest BCUT2D eigenvalue weighted by atomic mass is 19.4. The van der Waals surface area contributed by atoms with Crippen LogP contribution in [0.4, 0.5) is 13.2 Å². The van der Waals surface area contributed by atoms with Gasteiger partial charge >= 0.3 is 6.18 Å². The Morgan fingerprint density at radius 1 is 0.833 bits per heavy atom. The van der Waals surface area contributed by atoms with Crippen molar-refractivity contribution in [3.8, 4) is 5.75 Å². The van der Waals surface area contributed by atoms with Crippen molar-refractivity contribution in [3.05, 3.63) is 101 Å². The van der Waals surface area contributed by atoms with E-state index in [4.69, 9.17) is 4.74 Å². The van der Waals surface area contributed by atoms with Crippen molar-refractivity contribution in [3.63, 3.8) is 0 Å². The van der Waals surface area contributed by atoms with E-state index >= 15 is 0 Å². The summed E-state index contributed by atoms with van der Waals surface area (Å²) in [6.45, 7) is 6.35. The van der Waals surface area contributed by atoms with E-state index in [1.54, 1.807) is 24.3 Å². The number of carbonyl (C=O) groups is 1. The number of nitrogens with zero attached hydrogens (tertiary/aromatic N) is 1. The maximum absolute atomic E-state index is 12.3. The molecule has 0 atom stereocenters. The quantitative estimate of drug-likeness (QED) is 0.273. The van der Waals surface area contributed by atoms with Gasteiger partial charge in [-0.2, -0.15) is 13.2 Å². The van der Waals surface area contributed by atoms with Crippen molar-refractivity contribution >= 4 is 5.78 Å². The van der Waals surface area contributed by atoms with Gasteiger partial charge in [0.2, 0.25) is 5.78 Å². The van der Waals surface area contributed by atoms with Gasteiger partial charge in [-0.1, -0.05) is 71.8 Å². The van der Waals surface area contributed by atoms with Gasteiger partial charge in [0.15, 0.2) is 0 Å². The number of alkyl halides is 3. The summed E-state index contributed by atoms with van der Waals surface area (Å²) in [6.07, 6.45) is -4.27. The van der Waals surface area contributed by atoms with Gasteiger partial charge in [0, 0.05) is 18.9 Å². The van der Waals surface area contributed by atoms with Crippen LogP contribution in [0.25, 0.3) is 0 Å². The molecule has 0 N–H and O–H groups in total. The minimum atomic E-state index is -4.77. The Hall–Kier alpha value is -3.12. The minimum Gasteiger partial charge on any atom is -0.492 e. The van der Waals surface area contributed by atoms with Crippen molar-refractivity contribution < 1.29 is 22.7 Å². The number of hydrogen-bond acceptors (Lipinski definition) is 3. The molecule has 3 aromatic carbocycles. The zero-order valence-electron chi connectivity index (χ0n) is 21.1. The number of rotatable bonds is 12. The highest BCUT2D eigenvalue weighted by Crippen LogP contribution is 2.29. The Morgan fingerprint density at radius 3 is 1.86 bits per heavy atom. The maximum atomic E-state index is 12.3. The van der Waals surface area contributed by atoms with Crippen LogP contribution in [0.5, 0.6) is 5.75 Å². The lowest BCUT2D eigenvalue weighted by molar-refractivity contribution is -0.171. The molecule has 6 heteroatoms. The summed E-state index contributed by atoms with van der Waals surface area (Å²) in [7, 11) is 2.07. The third-order valence-corrected chi connectivity index (χ3v) is 6.38. The second kappa shape index (κ2) is 12.7. The van der Waals surface area contributed by atoms with Gasteiger partial charge in [-0.15, -0.1) is 0 Å². The van der Waals surface area contributed by atoms with Gasteiger partial charge in [0.05, 0.1) is 0 Å². The maximum Gasteiger partial charge on any atom is 0.449 e. The SMILES string of the molecule is Cc1ccc(C(CCN(C)CCOc2ccc(CCC(=O)C(F)(F)F)cc2)c2ccc(C)cc2)cc1. The zero-order chi connectivity index (χ0) is 26.1. The lowest BCUT2D eigenvalue weighted by atomic mass is 9.87. The second-order valence-corrected chi connectivity index (χ2v) is 9.38. The van der Waals surface area contributed by atoms with Crippen LogP contribution >= 0.6 is 0 Å². The lowest BCUT2D eigenvalue weighted by Gasteiger charge is -2.23. The first-order chi connectivity index (χ1) is 17.1. The molecule has 36 heavy (non-hydrogen) atoms. The van der Waals surface area contributed by atoms with Gasteiger partial charge < -0.3 is 9.64 Å². The van der Waals surface area contributed by atoms with Crippen LogP contribution in [0, 0.1) is 13.8 Å². The number of ketones is 1. The molecule has 0 aliphatic heterocycles. The fraction of sp³-hybridized carbons (Fsp3) is 0.367. The van der Waals surface area contributed by atoms with E-state index in [9.17, 15) is 18.0 Å². The summed E-state index contributed by atoms with van der Waals surface area (Å²) in [5.41, 5.74) is 5.80. The molecule has 0 heterocycles. The third kappa shape index (κ3) is 8.52. The summed E-state index contributed by atoms with van der Waals surface area (Å²) >= 11 is 0. The van der Waals surface area contributed by atoms with Crippen LogP contribution in [-0.2, 0) is 11.2 Å². The number of carbonyl (C=O) groups excluding carboxylic acids is 1. The first-order valence-electron chi connectivity index (χ1n) is 12.3. The van der Waals surface area contributed by atoms with Gasteiger partial charge in [0.1, 0.15) is 12.4 Å². The molecule has 0 spiro atoms. The van der Waals surface area contributed by atoms with E-state index in [2.05, 4.69) is 74.3 Å². The number of halogens is 3. The molecule has 3 aromatic rings. The topological polar surface area (TPSA) is 29.5 Å². The number of hydrogen-bond donors (Lipinski definition) is 0. The number of benzene rings is 3. The number of likely N-dealkylation sites (N-methyl/N-ethyl adjacent to an activating group) is 1. The van der Waals surface area contributed by atoms with E-state index in [1.165, 1.54) is 22.3 Å². The summed E-state index contributed by atoms with van der Waals surface area (Å²) in [4.78, 5) is 13.3. The lowest BCUT2D eigenvalue weighted by Crippen LogP contribution is -2.26. The normalized spacial score (nSPS) is 11.8. The standard InChI is InChI=1S/C30H34F3NO2/c1-22-4-11-25(12-5-22)28(26-13-6-23(2)7-14-26)18-19-34(3)20-21-36-27-15-8-24(9-16-27)10-17-29(35)30(31,32)33/h4-9,11-16,28H,10,17-21H2,1-3H3. The molecule has 0 bridgehead atoms. The molecular formula is C30H34F3NO2. The summed E-state index contributed by atoms with van der Waals surface area (Å²) in [6, 6.07) is 24.4. The predicted octanol–water partition coefficient (Wildman–Crippen LogP) is 6.90. The summed E-state index contributed by atoms with van der Waals surface area (Å²) in [5.74, 6) is -0.726. The summed E-state index contributed by atoms with van der Waals surface area (Å²) in [5, 5.41) is 0. The van der Waals surface area contributed by atoms with E-state index < -0.39 is 18.4 Å². The predicted molar refractivity (Wildman–Crippen MR) is 138 cm³/mol. The van der Waals surface area contributed by atoms with E-state index in [0.29, 0.717) is 23.8 Å². The largest absolute Gasteiger partial charge is 0.492 e. The molecule has 0 aliphatic carbocycles. The van der Waals surface area contributed by atoms with Crippen molar-refractivity contribution in [1.29, 1.82) is 0 Å². The van der Waals surface area contributed by atoms with Crippen molar-refractivity contribution in [2.45, 2.75) is 45.2 Å². The Bertz CT molecular complexity index is 1050.